The number of carbonyl (C=O) groups excluding carboxylic acids is 4. The number of carbonyl (C=O) groups is 4. The highest BCUT2D eigenvalue weighted by molar-refractivity contribution is 6.24. The minimum Gasteiger partial charge on any atom is -0.508 e. The van der Waals surface area contributed by atoms with Crippen molar-refractivity contribution in [2.75, 3.05) is 33.1 Å². The van der Waals surface area contributed by atoms with E-state index in [1.807, 2.05) is 0 Å². The molecule has 2 amide bonds. The third-order valence-electron chi connectivity index (χ3n) is 8.19. The molecule has 0 heterocycles. The molecule has 3 aliphatic carbocycles. The Balaban J connectivity index is 1.76. The van der Waals surface area contributed by atoms with E-state index >= 15 is 4.39 Å². The molecule has 0 unspecified atom stereocenters. The summed E-state index contributed by atoms with van der Waals surface area (Å²) in [5, 5.41) is 47.1. The molecule has 1 saturated carbocycles. The van der Waals surface area contributed by atoms with Crippen molar-refractivity contribution in [3.8, 4) is 5.75 Å². The first-order chi connectivity index (χ1) is 19.3. The number of aliphatic hydroxyl groups excluding tert-OH is 2. The lowest BCUT2D eigenvalue weighted by Crippen LogP contribution is -2.65. The number of nitrogens with one attached hydrogen (secondary N) is 1. The molecular weight excluding hydrogens is 541 g/mol. The standard InChI is InChI=1S/C28H34FN3O9/c1-32(2)21-14-10-12-9-13-15(29)11-16(31-17(33)7-5-4-6-8-41-3)22(34)19(13)23(35)18(12)25(37)28(14,40)26(38)20(24(21)36)27(30)39/h11-12,14,21,34-35,38,40H,4-10H2,1-3H3,(H2,30,39)(H,31,33)/t12-,14-,21-,28-/m0/s1. The van der Waals surface area contributed by atoms with E-state index in [0.717, 1.165) is 12.5 Å². The van der Waals surface area contributed by atoms with Gasteiger partial charge in [-0.25, -0.2) is 4.39 Å². The fourth-order valence-corrected chi connectivity index (χ4v) is 6.28. The highest BCUT2D eigenvalue weighted by atomic mass is 19.1. The summed E-state index contributed by atoms with van der Waals surface area (Å²) >= 11 is 0. The predicted molar refractivity (Wildman–Crippen MR) is 143 cm³/mol. The summed E-state index contributed by atoms with van der Waals surface area (Å²) in [7, 11) is 4.54. The topological polar surface area (TPSA) is 200 Å². The molecule has 13 heteroatoms. The summed E-state index contributed by atoms with van der Waals surface area (Å²) in [5.74, 6) is -9.67. The molecule has 4 rings (SSSR count). The number of hydrogen-bond acceptors (Lipinski definition) is 10. The number of primary amides is 1. The van der Waals surface area contributed by atoms with Crippen LogP contribution in [0.3, 0.4) is 0 Å². The normalized spacial score (nSPS) is 25.7. The van der Waals surface area contributed by atoms with Gasteiger partial charge in [-0.2, -0.15) is 0 Å². The smallest absolute Gasteiger partial charge is 0.255 e. The molecule has 41 heavy (non-hydrogen) atoms. The van der Waals surface area contributed by atoms with Crippen molar-refractivity contribution in [3.05, 3.63) is 39.9 Å². The molecule has 0 aromatic heterocycles. The molecule has 1 aromatic carbocycles. The number of anilines is 1. The van der Waals surface area contributed by atoms with Crippen LogP contribution in [-0.2, 0) is 30.3 Å². The molecule has 1 aromatic rings. The van der Waals surface area contributed by atoms with E-state index in [2.05, 4.69) is 5.32 Å². The van der Waals surface area contributed by atoms with E-state index in [0.29, 0.717) is 19.4 Å². The van der Waals surface area contributed by atoms with Crippen molar-refractivity contribution in [2.45, 2.75) is 50.2 Å². The zero-order valence-electron chi connectivity index (χ0n) is 23.0. The minimum absolute atomic E-state index is 0.0868. The lowest BCUT2D eigenvalue weighted by molar-refractivity contribution is -0.153. The molecular formula is C28H34FN3O9. The number of benzene rings is 1. The number of amides is 2. The summed E-state index contributed by atoms with van der Waals surface area (Å²) in [4.78, 5) is 52.8. The second kappa shape index (κ2) is 11.2. The van der Waals surface area contributed by atoms with Crippen molar-refractivity contribution < 1.29 is 48.7 Å². The predicted octanol–water partition coefficient (Wildman–Crippen LogP) is 1.25. The van der Waals surface area contributed by atoms with Gasteiger partial charge >= 0.3 is 0 Å². The Hall–Kier alpha value is -3.81. The highest BCUT2D eigenvalue weighted by Crippen LogP contribution is 2.53. The first-order valence-electron chi connectivity index (χ1n) is 13.2. The first kappa shape index (κ1) is 30.2. The van der Waals surface area contributed by atoms with Crippen LogP contribution in [-0.4, -0.2) is 88.2 Å². The van der Waals surface area contributed by atoms with Crippen LogP contribution >= 0.6 is 0 Å². The largest absolute Gasteiger partial charge is 0.508 e. The monoisotopic (exact) mass is 575 g/mol. The van der Waals surface area contributed by atoms with E-state index in [1.54, 1.807) is 7.11 Å². The molecule has 0 spiro atoms. The third-order valence-corrected chi connectivity index (χ3v) is 8.19. The molecule has 0 bridgehead atoms. The molecule has 0 saturated heterocycles. The Morgan fingerprint density at radius 1 is 1.20 bits per heavy atom. The van der Waals surface area contributed by atoms with E-state index in [-0.39, 0.29) is 30.5 Å². The summed E-state index contributed by atoms with van der Waals surface area (Å²) in [6, 6.07) is -0.311. The van der Waals surface area contributed by atoms with Crippen molar-refractivity contribution in [1.29, 1.82) is 0 Å². The number of phenols is 1. The van der Waals surface area contributed by atoms with Gasteiger partial charge in [0.15, 0.2) is 17.1 Å². The Morgan fingerprint density at radius 3 is 2.49 bits per heavy atom. The number of nitrogens with two attached hydrogens (primary N) is 1. The fraction of sp³-hybridized carbons (Fsp3) is 0.500. The number of halogens is 1. The van der Waals surface area contributed by atoms with Crippen LogP contribution in [0.2, 0.25) is 0 Å². The number of hydrogen-bond donors (Lipinski definition) is 6. The van der Waals surface area contributed by atoms with Crippen LogP contribution in [0.5, 0.6) is 5.75 Å². The maximum Gasteiger partial charge on any atom is 0.255 e. The molecule has 1 fully saturated rings. The van der Waals surface area contributed by atoms with E-state index < -0.39 is 86.7 Å². The zero-order valence-corrected chi connectivity index (χ0v) is 23.0. The summed E-state index contributed by atoms with van der Waals surface area (Å²) in [5.41, 5.74) is 0.309. The lowest BCUT2D eigenvalue weighted by atomic mass is 9.57. The van der Waals surface area contributed by atoms with E-state index in [1.165, 1.54) is 19.0 Å². The van der Waals surface area contributed by atoms with Gasteiger partial charge in [-0.1, -0.05) is 6.42 Å². The summed E-state index contributed by atoms with van der Waals surface area (Å²) in [6.07, 6.45) is 1.72. The number of fused-ring (bicyclic) bond motifs is 3. The number of unbranched alkanes of at least 4 members (excludes halogenated alkanes) is 2. The maximum absolute atomic E-state index is 15.4. The van der Waals surface area contributed by atoms with Gasteiger partial charge in [0.05, 0.1) is 17.3 Å². The van der Waals surface area contributed by atoms with Crippen LogP contribution in [0.1, 0.15) is 43.2 Å². The number of Topliss-reactive ketones (excluding diaryl/α,β-unsaturated/α-hetero) is 2. The van der Waals surface area contributed by atoms with Crippen LogP contribution in [0.4, 0.5) is 10.1 Å². The van der Waals surface area contributed by atoms with Gasteiger partial charge in [-0.05, 0) is 45.7 Å². The second-order valence-corrected chi connectivity index (χ2v) is 10.9. The minimum atomic E-state index is -2.80. The fourth-order valence-electron chi connectivity index (χ4n) is 6.28. The lowest BCUT2D eigenvalue weighted by Gasteiger charge is -2.50. The number of aromatic hydroxyl groups is 1. The van der Waals surface area contributed by atoms with Crippen LogP contribution in [0.25, 0.3) is 5.76 Å². The van der Waals surface area contributed by atoms with Gasteiger partial charge in [0.25, 0.3) is 5.91 Å². The van der Waals surface area contributed by atoms with Crippen molar-refractivity contribution >= 4 is 34.8 Å². The zero-order chi connectivity index (χ0) is 30.4. The van der Waals surface area contributed by atoms with E-state index in [4.69, 9.17) is 10.5 Å². The molecule has 12 nitrogen and oxygen atoms in total. The van der Waals surface area contributed by atoms with Gasteiger partial charge in [-0.15, -0.1) is 0 Å². The molecule has 7 N–H and O–H groups in total. The van der Waals surface area contributed by atoms with Gasteiger partial charge in [-0.3, -0.25) is 24.1 Å². The van der Waals surface area contributed by atoms with Crippen molar-refractivity contribution in [1.82, 2.24) is 4.90 Å². The molecule has 0 radical (unpaired) electrons. The van der Waals surface area contributed by atoms with Crippen molar-refractivity contribution in [3.63, 3.8) is 0 Å². The molecule has 0 aliphatic heterocycles. The Kier molecular flexibility index (Phi) is 8.25. The van der Waals surface area contributed by atoms with Gasteiger partial charge in [0.2, 0.25) is 11.7 Å². The van der Waals surface area contributed by atoms with Crippen LogP contribution < -0.4 is 11.1 Å². The van der Waals surface area contributed by atoms with Gasteiger partial charge in [0.1, 0.15) is 22.9 Å². The number of rotatable bonds is 9. The number of ketones is 2. The average Bonchev–Trinajstić information content (AvgIpc) is 2.88. The third kappa shape index (κ3) is 4.87. The summed E-state index contributed by atoms with van der Waals surface area (Å²) < 4.78 is 20.3. The number of nitrogens with zero attached hydrogens (tertiary/aromatic N) is 1. The second-order valence-electron chi connectivity index (χ2n) is 10.9. The summed E-state index contributed by atoms with van der Waals surface area (Å²) in [6.45, 7) is 0.547. The van der Waals surface area contributed by atoms with Crippen LogP contribution in [0.15, 0.2) is 23.0 Å². The first-order valence-corrected chi connectivity index (χ1v) is 13.2. The van der Waals surface area contributed by atoms with Crippen molar-refractivity contribution in [2.24, 2.45) is 17.6 Å². The average molecular weight is 576 g/mol. The molecule has 4 atom stereocenters. The number of methoxy groups -OCH3 is 1. The Morgan fingerprint density at radius 2 is 1.88 bits per heavy atom. The van der Waals surface area contributed by atoms with Crippen LogP contribution in [0, 0.1) is 17.7 Å². The van der Waals surface area contributed by atoms with Gasteiger partial charge in [0, 0.05) is 43.3 Å². The maximum atomic E-state index is 15.4. The van der Waals surface area contributed by atoms with E-state index in [9.17, 15) is 39.6 Å². The number of ether oxygens (including phenoxy) is 1. The highest BCUT2D eigenvalue weighted by Gasteiger charge is 2.64. The number of aliphatic hydroxyl groups is 3. The SMILES string of the molecule is COCCCCCC(=O)Nc1cc(F)c2c(c1O)C(O)=C1C(=O)[C@]3(O)C(O)=C(C(N)=O)C(=O)[C@@H](N(C)C)[C@@H]3C[C@@H]1C2. The molecule has 222 valence electrons. The van der Waals surface area contributed by atoms with Gasteiger partial charge < -0.3 is 36.2 Å². The Labute approximate surface area is 235 Å². The molecule has 3 aliphatic rings. The number of phenolic OH excluding ortho intramolecular Hbond substituents is 1. The number of likely N-dealkylation sites (N-methyl/N-ethyl adjacent to an activating group) is 1. The Bertz CT molecular complexity index is 1390. The quantitative estimate of drug-likeness (QED) is 0.141.